The molecule has 1 heterocycles. The summed E-state index contributed by atoms with van der Waals surface area (Å²) < 4.78 is 4.85. The average Bonchev–Trinajstić information content (AvgIpc) is 2.03. The van der Waals surface area contributed by atoms with Crippen LogP contribution in [0.1, 0.15) is 18.6 Å². The van der Waals surface area contributed by atoms with E-state index in [4.69, 9.17) is 16.3 Å². The van der Waals surface area contributed by atoms with Crippen LogP contribution >= 0.6 is 11.6 Å². The van der Waals surface area contributed by atoms with Gasteiger partial charge in [0.15, 0.2) is 0 Å². The molecule has 0 fully saturated rings. The van der Waals surface area contributed by atoms with E-state index in [1.54, 1.807) is 13.0 Å². The second kappa shape index (κ2) is 3.74. The molecule has 1 aromatic rings. The van der Waals surface area contributed by atoms with Crippen LogP contribution in [0.15, 0.2) is 12.3 Å². The topological polar surface area (TPSA) is 42.4 Å². The minimum Gasteiger partial charge on any atom is -0.481 e. The van der Waals surface area contributed by atoms with Crippen molar-refractivity contribution in [2.24, 2.45) is 0 Å². The van der Waals surface area contributed by atoms with Crippen molar-refractivity contribution in [3.63, 3.8) is 0 Å². The first-order valence-electron chi connectivity index (χ1n) is 3.52. The molecule has 0 saturated heterocycles. The third-order valence-corrected chi connectivity index (χ3v) is 1.84. The van der Waals surface area contributed by atoms with Crippen molar-refractivity contribution >= 4 is 11.6 Å². The third kappa shape index (κ3) is 1.87. The zero-order valence-electron chi connectivity index (χ0n) is 6.91. The molecule has 0 unspecified atom stereocenters. The van der Waals surface area contributed by atoms with Crippen LogP contribution in [0.5, 0.6) is 5.88 Å². The smallest absolute Gasteiger partial charge is 0.214 e. The predicted molar refractivity (Wildman–Crippen MR) is 46.4 cm³/mol. The van der Waals surface area contributed by atoms with Gasteiger partial charge >= 0.3 is 0 Å². The van der Waals surface area contributed by atoms with Crippen LogP contribution in [0, 0.1) is 0 Å². The zero-order chi connectivity index (χ0) is 9.14. The van der Waals surface area contributed by atoms with E-state index in [0.717, 1.165) is 0 Å². The van der Waals surface area contributed by atoms with Gasteiger partial charge in [0, 0.05) is 17.8 Å². The van der Waals surface area contributed by atoms with E-state index < -0.39 is 6.10 Å². The van der Waals surface area contributed by atoms with Gasteiger partial charge in [-0.05, 0) is 6.92 Å². The Bertz CT molecular complexity index is 276. The fourth-order valence-corrected chi connectivity index (χ4v) is 1.14. The van der Waals surface area contributed by atoms with E-state index in [-0.39, 0.29) is 0 Å². The average molecular weight is 188 g/mol. The number of aliphatic hydroxyl groups excluding tert-OH is 1. The first-order chi connectivity index (χ1) is 5.65. The summed E-state index contributed by atoms with van der Waals surface area (Å²) in [7, 11) is 1.51. The maximum absolute atomic E-state index is 9.20. The molecule has 1 N–H and O–H groups in total. The Kier molecular flexibility index (Phi) is 2.89. The number of methoxy groups -OCH3 is 1. The molecule has 3 nitrogen and oxygen atoms in total. The number of hydrogen-bond acceptors (Lipinski definition) is 3. The van der Waals surface area contributed by atoms with Gasteiger partial charge in [0.2, 0.25) is 5.88 Å². The molecular formula is C8H10ClNO2. The molecule has 0 radical (unpaired) electrons. The Morgan fingerprint density at radius 2 is 2.33 bits per heavy atom. The highest BCUT2D eigenvalue weighted by molar-refractivity contribution is 6.31. The second-order valence-corrected chi connectivity index (χ2v) is 2.83. The molecule has 1 aromatic heterocycles. The van der Waals surface area contributed by atoms with Crippen LogP contribution in [0.2, 0.25) is 5.02 Å². The molecule has 0 saturated carbocycles. The normalized spacial score (nSPS) is 12.7. The standard InChI is InChI=1S/C8H10ClNO2/c1-5(11)6-4-10-8(12-2)3-7(6)9/h3-5,11H,1-2H3/t5-/m0/s1. The Morgan fingerprint density at radius 3 is 2.75 bits per heavy atom. The number of hydrogen-bond donors (Lipinski definition) is 1. The van der Waals surface area contributed by atoms with Crippen molar-refractivity contribution in [3.05, 3.63) is 22.8 Å². The molecule has 0 bridgehead atoms. The molecule has 12 heavy (non-hydrogen) atoms. The van der Waals surface area contributed by atoms with E-state index >= 15 is 0 Å². The van der Waals surface area contributed by atoms with E-state index in [0.29, 0.717) is 16.5 Å². The molecule has 66 valence electrons. The van der Waals surface area contributed by atoms with E-state index in [1.807, 2.05) is 0 Å². The van der Waals surface area contributed by atoms with Gasteiger partial charge in [0.25, 0.3) is 0 Å². The fourth-order valence-electron chi connectivity index (χ4n) is 0.843. The van der Waals surface area contributed by atoms with Crippen LogP contribution in [0.25, 0.3) is 0 Å². The van der Waals surface area contributed by atoms with Gasteiger partial charge in [-0.3, -0.25) is 0 Å². The lowest BCUT2D eigenvalue weighted by atomic mass is 10.2. The predicted octanol–water partition coefficient (Wildman–Crippen LogP) is 1.80. The quantitative estimate of drug-likeness (QED) is 0.768. The van der Waals surface area contributed by atoms with Crippen molar-refractivity contribution in [1.29, 1.82) is 0 Å². The highest BCUT2D eigenvalue weighted by Crippen LogP contribution is 2.24. The van der Waals surface area contributed by atoms with Gasteiger partial charge in [-0.2, -0.15) is 0 Å². The molecule has 1 atom stereocenters. The molecular weight excluding hydrogens is 178 g/mol. The third-order valence-electron chi connectivity index (χ3n) is 1.52. The van der Waals surface area contributed by atoms with Gasteiger partial charge in [-0.15, -0.1) is 0 Å². The molecule has 0 aliphatic heterocycles. The lowest BCUT2D eigenvalue weighted by Crippen LogP contribution is -1.95. The Hall–Kier alpha value is -0.800. The van der Waals surface area contributed by atoms with E-state index in [9.17, 15) is 5.11 Å². The number of ether oxygens (including phenoxy) is 1. The summed E-state index contributed by atoms with van der Waals surface area (Å²) in [5.74, 6) is 0.449. The van der Waals surface area contributed by atoms with Crippen molar-refractivity contribution in [2.75, 3.05) is 7.11 Å². The van der Waals surface area contributed by atoms with Gasteiger partial charge in [-0.25, -0.2) is 4.98 Å². The molecule has 0 amide bonds. The van der Waals surface area contributed by atoms with Crippen molar-refractivity contribution in [3.8, 4) is 5.88 Å². The second-order valence-electron chi connectivity index (χ2n) is 2.42. The number of nitrogens with zero attached hydrogens (tertiary/aromatic N) is 1. The van der Waals surface area contributed by atoms with Gasteiger partial charge < -0.3 is 9.84 Å². The van der Waals surface area contributed by atoms with Crippen LogP contribution in [-0.2, 0) is 0 Å². The fraction of sp³-hybridized carbons (Fsp3) is 0.375. The largest absolute Gasteiger partial charge is 0.481 e. The number of halogens is 1. The van der Waals surface area contributed by atoms with Crippen molar-refractivity contribution < 1.29 is 9.84 Å². The minimum absolute atomic E-state index is 0.449. The molecule has 0 aliphatic rings. The van der Waals surface area contributed by atoms with Crippen LogP contribution in [0.4, 0.5) is 0 Å². The Labute approximate surface area is 76.0 Å². The van der Waals surface area contributed by atoms with Crippen LogP contribution in [-0.4, -0.2) is 17.2 Å². The summed E-state index contributed by atoms with van der Waals surface area (Å²) in [5, 5.41) is 9.67. The minimum atomic E-state index is -0.601. The number of rotatable bonds is 2. The summed E-state index contributed by atoms with van der Waals surface area (Å²) in [6.07, 6.45) is 0.905. The SMILES string of the molecule is COc1cc(Cl)c([C@H](C)O)cn1. The highest BCUT2D eigenvalue weighted by Gasteiger charge is 2.07. The van der Waals surface area contributed by atoms with Gasteiger partial charge in [0.1, 0.15) is 0 Å². The lowest BCUT2D eigenvalue weighted by Gasteiger charge is -2.07. The summed E-state index contributed by atoms with van der Waals surface area (Å²) in [6.45, 7) is 1.63. The van der Waals surface area contributed by atoms with Gasteiger partial charge in [-0.1, -0.05) is 11.6 Å². The highest BCUT2D eigenvalue weighted by atomic mass is 35.5. The lowest BCUT2D eigenvalue weighted by molar-refractivity contribution is 0.199. The van der Waals surface area contributed by atoms with E-state index in [2.05, 4.69) is 4.98 Å². The molecule has 0 aliphatic carbocycles. The molecule has 0 spiro atoms. The molecule has 4 heteroatoms. The van der Waals surface area contributed by atoms with E-state index in [1.165, 1.54) is 13.3 Å². The summed E-state index contributed by atoms with van der Waals surface area (Å²) in [5.41, 5.74) is 0.609. The van der Waals surface area contributed by atoms with Gasteiger partial charge in [0.05, 0.1) is 18.2 Å². The zero-order valence-corrected chi connectivity index (χ0v) is 7.67. The Balaban J connectivity index is 3.03. The first-order valence-corrected chi connectivity index (χ1v) is 3.90. The number of aliphatic hydroxyl groups is 1. The van der Waals surface area contributed by atoms with Crippen LogP contribution in [0.3, 0.4) is 0 Å². The molecule has 1 rings (SSSR count). The van der Waals surface area contributed by atoms with Crippen LogP contribution < -0.4 is 4.74 Å². The summed E-state index contributed by atoms with van der Waals surface area (Å²) in [6, 6.07) is 1.57. The number of pyridine rings is 1. The first kappa shape index (κ1) is 9.29. The van der Waals surface area contributed by atoms with Crippen molar-refractivity contribution in [2.45, 2.75) is 13.0 Å². The maximum Gasteiger partial charge on any atom is 0.214 e. The number of aromatic nitrogens is 1. The maximum atomic E-state index is 9.20. The monoisotopic (exact) mass is 187 g/mol. The Morgan fingerprint density at radius 1 is 1.67 bits per heavy atom. The summed E-state index contributed by atoms with van der Waals surface area (Å²) in [4.78, 5) is 3.91. The molecule has 0 aromatic carbocycles. The van der Waals surface area contributed by atoms with Crippen molar-refractivity contribution in [1.82, 2.24) is 4.98 Å². The summed E-state index contributed by atoms with van der Waals surface area (Å²) >= 11 is 5.82.